The van der Waals surface area contributed by atoms with E-state index in [-0.39, 0.29) is 23.8 Å². The topological polar surface area (TPSA) is 101 Å². The zero-order chi connectivity index (χ0) is 27.1. The lowest BCUT2D eigenvalue weighted by molar-refractivity contribution is -0.0429. The van der Waals surface area contributed by atoms with Crippen LogP contribution in [-0.4, -0.2) is 35.6 Å². The summed E-state index contributed by atoms with van der Waals surface area (Å²) < 4.78 is 69.6. The van der Waals surface area contributed by atoms with E-state index in [1.54, 1.807) is 46.5 Å². The van der Waals surface area contributed by atoms with Gasteiger partial charge in [-0.1, -0.05) is 30.3 Å². The lowest BCUT2D eigenvalue weighted by Crippen LogP contribution is -2.30. The molecule has 0 aliphatic carbocycles. The number of aliphatic hydroxyl groups excluding tert-OH is 1. The molecule has 2 aromatic carbocycles. The summed E-state index contributed by atoms with van der Waals surface area (Å²) in [6.45, 7) is 2.19. The molecule has 1 aliphatic heterocycles. The molecule has 2 aromatic heterocycles. The van der Waals surface area contributed by atoms with E-state index in [0.717, 1.165) is 21.1 Å². The van der Waals surface area contributed by atoms with Crippen LogP contribution in [0.4, 0.5) is 18.9 Å². The molecule has 198 valence electrons. The first kappa shape index (κ1) is 26.1. The maximum absolute atomic E-state index is 12.9. The maximum atomic E-state index is 12.9. The van der Waals surface area contributed by atoms with Gasteiger partial charge in [-0.3, -0.25) is 9.71 Å². The first-order valence-electron chi connectivity index (χ1n) is 11.5. The van der Waals surface area contributed by atoms with Crippen molar-refractivity contribution >= 4 is 27.0 Å². The minimum atomic E-state index is -5.59. The van der Waals surface area contributed by atoms with Crippen LogP contribution in [0.2, 0.25) is 0 Å². The van der Waals surface area contributed by atoms with Gasteiger partial charge in [-0.15, -0.1) is 11.3 Å². The fourth-order valence-electron chi connectivity index (χ4n) is 4.24. The van der Waals surface area contributed by atoms with Crippen molar-refractivity contribution in [2.45, 2.75) is 25.0 Å². The second-order valence-corrected chi connectivity index (χ2v) is 11.8. The number of para-hydroxylation sites is 1. The molecular formula is C26H22F3N3O4S2. The number of halogens is 3. The van der Waals surface area contributed by atoms with Crippen molar-refractivity contribution in [2.75, 3.05) is 11.3 Å². The maximum Gasteiger partial charge on any atom is 0.516 e. The molecule has 4 aromatic rings. The summed E-state index contributed by atoms with van der Waals surface area (Å²) >= 11 is 1.58. The van der Waals surface area contributed by atoms with Crippen molar-refractivity contribution in [3.63, 3.8) is 0 Å². The fourth-order valence-corrected chi connectivity index (χ4v) is 5.58. The molecule has 38 heavy (non-hydrogen) atoms. The molecule has 0 bridgehead atoms. The van der Waals surface area contributed by atoms with E-state index in [2.05, 4.69) is 9.97 Å². The summed E-state index contributed by atoms with van der Waals surface area (Å²) in [5.74, 6) is 0.113. The summed E-state index contributed by atoms with van der Waals surface area (Å²) in [6, 6.07) is 14.4. The van der Waals surface area contributed by atoms with Gasteiger partial charge in [-0.2, -0.15) is 21.6 Å². The molecule has 0 saturated heterocycles. The van der Waals surface area contributed by atoms with E-state index < -0.39 is 21.6 Å². The summed E-state index contributed by atoms with van der Waals surface area (Å²) in [5, 5.41) is 11.9. The number of aliphatic hydroxyl groups is 1. The smallest absolute Gasteiger partial charge is 0.493 e. The summed E-state index contributed by atoms with van der Waals surface area (Å²) in [5.41, 5.74) is -2.75. The number of ether oxygens (including phenoxy) is 1. The Morgan fingerprint density at radius 1 is 1.08 bits per heavy atom. The number of anilines is 1. The zero-order valence-corrected chi connectivity index (χ0v) is 21.6. The van der Waals surface area contributed by atoms with E-state index in [0.29, 0.717) is 23.3 Å². The van der Waals surface area contributed by atoms with Crippen LogP contribution in [0.15, 0.2) is 67.0 Å². The van der Waals surface area contributed by atoms with Gasteiger partial charge in [0.15, 0.2) is 0 Å². The first-order valence-corrected chi connectivity index (χ1v) is 13.8. The number of aryl methyl sites for hydroxylation is 1. The number of fused-ring (bicyclic) bond motifs is 1. The highest BCUT2D eigenvalue weighted by molar-refractivity contribution is 7.93. The Hall–Kier alpha value is -3.48. The van der Waals surface area contributed by atoms with Crippen LogP contribution in [0.5, 0.6) is 5.75 Å². The molecule has 5 rings (SSSR count). The molecule has 0 radical (unpaired) electrons. The molecule has 0 amide bonds. The minimum absolute atomic E-state index is 0.203. The number of rotatable bonds is 6. The van der Waals surface area contributed by atoms with Crippen molar-refractivity contribution in [3.05, 3.63) is 83.1 Å². The van der Waals surface area contributed by atoms with Crippen LogP contribution >= 0.6 is 11.3 Å². The van der Waals surface area contributed by atoms with Crippen molar-refractivity contribution in [1.29, 1.82) is 0 Å². The molecule has 3 heterocycles. The number of sulfonamides is 1. The standard InChI is InChI=1S/C26H22F3N3O4S2/c1-15-12-31-25(37-15)17-6-8-19(30-13-17)10-18-14-36-23-11-16(7-9-21(23)24(18)33)20-4-2-3-5-22(20)32-38(34,35)26(27,28)29/h2-9,11-13,18,24,32-33H,10,14H2,1H3/t18-,24+/m0/s1. The van der Waals surface area contributed by atoms with Gasteiger partial charge in [-0.25, -0.2) is 4.98 Å². The molecule has 7 nitrogen and oxygen atoms in total. The molecule has 0 fully saturated rings. The third-order valence-electron chi connectivity index (χ3n) is 6.18. The van der Waals surface area contributed by atoms with Crippen molar-refractivity contribution < 1.29 is 31.4 Å². The summed E-state index contributed by atoms with van der Waals surface area (Å²) in [4.78, 5) is 10.00. The predicted octanol–water partition coefficient (Wildman–Crippen LogP) is 5.73. The van der Waals surface area contributed by atoms with Gasteiger partial charge in [0.2, 0.25) is 0 Å². The Balaban J connectivity index is 1.34. The van der Waals surface area contributed by atoms with Crippen molar-refractivity contribution in [1.82, 2.24) is 9.97 Å². The van der Waals surface area contributed by atoms with Crippen LogP contribution in [0, 0.1) is 12.8 Å². The van der Waals surface area contributed by atoms with Crippen LogP contribution in [0.3, 0.4) is 0 Å². The average molecular weight is 562 g/mol. The zero-order valence-electron chi connectivity index (χ0n) is 19.9. The van der Waals surface area contributed by atoms with Gasteiger partial charge < -0.3 is 9.84 Å². The highest BCUT2D eigenvalue weighted by Crippen LogP contribution is 2.41. The number of alkyl halides is 3. The highest BCUT2D eigenvalue weighted by Gasteiger charge is 2.46. The Morgan fingerprint density at radius 3 is 2.53 bits per heavy atom. The second kappa shape index (κ2) is 10.0. The average Bonchev–Trinajstić information content (AvgIpc) is 3.31. The largest absolute Gasteiger partial charge is 0.516 e. The van der Waals surface area contributed by atoms with E-state index in [4.69, 9.17) is 4.74 Å². The van der Waals surface area contributed by atoms with Crippen LogP contribution in [-0.2, 0) is 16.4 Å². The molecule has 12 heteroatoms. The number of nitrogens with one attached hydrogen (secondary N) is 1. The number of pyridine rings is 1. The molecule has 1 aliphatic rings. The van der Waals surface area contributed by atoms with Crippen molar-refractivity contribution in [3.8, 4) is 27.4 Å². The molecular weight excluding hydrogens is 539 g/mol. The minimum Gasteiger partial charge on any atom is -0.493 e. The van der Waals surface area contributed by atoms with Crippen LogP contribution < -0.4 is 9.46 Å². The molecule has 2 N–H and O–H groups in total. The Morgan fingerprint density at radius 2 is 1.84 bits per heavy atom. The number of hydrogen-bond donors (Lipinski definition) is 2. The third kappa shape index (κ3) is 5.24. The lowest BCUT2D eigenvalue weighted by atomic mass is 9.88. The molecule has 0 saturated carbocycles. The SMILES string of the molecule is Cc1cnc(-c2ccc(C[C@H]3COc4cc(-c5ccccc5NS(=O)(=O)C(F)(F)F)ccc4[C@@H]3O)nc2)s1. The third-order valence-corrected chi connectivity index (χ3v) is 8.24. The van der Waals surface area contributed by atoms with Gasteiger partial charge in [0.05, 0.1) is 18.4 Å². The van der Waals surface area contributed by atoms with Gasteiger partial charge in [0, 0.05) is 45.6 Å². The normalized spacial score (nSPS) is 17.5. The van der Waals surface area contributed by atoms with Gasteiger partial charge in [0.25, 0.3) is 0 Å². The van der Waals surface area contributed by atoms with Gasteiger partial charge >= 0.3 is 15.5 Å². The van der Waals surface area contributed by atoms with E-state index in [9.17, 15) is 26.7 Å². The Bertz CT molecular complexity index is 1570. The summed E-state index contributed by atoms with van der Waals surface area (Å²) in [7, 11) is -5.59. The molecule has 2 atom stereocenters. The summed E-state index contributed by atoms with van der Waals surface area (Å²) in [6.07, 6.45) is 3.19. The lowest BCUT2D eigenvalue weighted by Gasteiger charge is -2.30. The van der Waals surface area contributed by atoms with Gasteiger partial charge in [0.1, 0.15) is 10.8 Å². The Kier molecular flexibility index (Phi) is 6.88. The first-order chi connectivity index (χ1) is 18.0. The highest BCUT2D eigenvalue weighted by atomic mass is 32.2. The molecule has 0 spiro atoms. The second-order valence-electron chi connectivity index (χ2n) is 8.88. The monoisotopic (exact) mass is 561 g/mol. The number of hydrogen-bond acceptors (Lipinski definition) is 7. The molecule has 0 unspecified atom stereocenters. The van der Waals surface area contributed by atoms with E-state index in [1.165, 1.54) is 18.2 Å². The Labute approximate surface area is 221 Å². The quantitative estimate of drug-likeness (QED) is 0.312. The predicted molar refractivity (Wildman–Crippen MR) is 138 cm³/mol. The number of aromatic nitrogens is 2. The fraction of sp³-hybridized carbons (Fsp3) is 0.231. The van der Waals surface area contributed by atoms with E-state index >= 15 is 0 Å². The van der Waals surface area contributed by atoms with Crippen LogP contribution in [0.25, 0.3) is 21.7 Å². The van der Waals surface area contributed by atoms with Crippen molar-refractivity contribution in [2.24, 2.45) is 5.92 Å². The van der Waals surface area contributed by atoms with E-state index in [1.807, 2.05) is 25.3 Å². The number of benzene rings is 2. The number of thiazole rings is 1. The van der Waals surface area contributed by atoms with Crippen LogP contribution in [0.1, 0.15) is 22.2 Å². The number of nitrogens with zero attached hydrogens (tertiary/aromatic N) is 2. The van der Waals surface area contributed by atoms with Gasteiger partial charge in [-0.05, 0) is 43.2 Å².